The zero-order valence-corrected chi connectivity index (χ0v) is 43.4. The van der Waals surface area contributed by atoms with E-state index in [1.54, 1.807) is 0 Å². The molecule has 0 atom stereocenters. The second-order valence-corrected chi connectivity index (χ2v) is 20.5. The quantitative estimate of drug-likeness (QED) is 0.133. The summed E-state index contributed by atoms with van der Waals surface area (Å²) in [6.07, 6.45) is 0. The number of hydrogen-bond donors (Lipinski definition) is 0. The molecule has 1 aliphatic heterocycles. The smallest absolute Gasteiger partial charge is 0.135 e. The van der Waals surface area contributed by atoms with Gasteiger partial charge in [-0.2, -0.15) is 0 Å². The van der Waals surface area contributed by atoms with Gasteiger partial charge in [-0.15, -0.1) is 0 Å². The lowest BCUT2D eigenvalue weighted by Gasteiger charge is -2.15. The van der Waals surface area contributed by atoms with Crippen LogP contribution in [0.25, 0.3) is 134 Å². The highest BCUT2D eigenvalue weighted by Crippen LogP contribution is 2.50. The second kappa shape index (κ2) is 20.7. The molecule has 79 heavy (non-hydrogen) atoms. The molecule has 14 rings (SSSR count). The minimum Gasteiger partial charge on any atom is -0.456 e. The fraction of sp³-hybridized carbons (Fsp3) is 0. The van der Waals surface area contributed by atoms with Crippen LogP contribution < -0.4 is 4.74 Å². The van der Waals surface area contributed by atoms with Gasteiger partial charge in [-0.05, 0) is 207 Å². The van der Waals surface area contributed by atoms with Crippen molar-refractivity contribution in [1.29, 1.82) is 0 Å². The molecule has 0 amide bonds. The van der Waals surface area contributed by atoms with E-state index in [9.17, 15) is 0 Å². The fourth-order valence-electron chi connectivity index (χ4n) is 11.4. The molecule has 1 aliphatic rings. The molecule has 0 saturated carbocycles. The van der Waals surface area contributed by atoms with Crippen LogP contribution in [0.4, 0.5) is 0 Å². The number of hydrogen-bond acceptors (Lipinski definition) is 1. The van der Waals surface area contributed by atoms with Crippen LogP contribution in [0.1, 0.15) is 0 Å². The van der Waals surface area contributed by atoms with Gasteiger partial charge in [-0.1, -0.05) is 231 Å². The van der Waals surface area contributed by atoms with Crippen molar-refractivity contribution in [2.75, 3.05) is 0 Å². The van der Waals surface area contributed by atoms with Crippen molar-refractivity contribution in [2.24, 2.45) is 0 Å². The van der Waals surface area contributed by atoms with Crippen LogP contribution in [-0.2, 0) is 0 Å². The van der Waals surface area contributed by atoms with Crippen LogP contribution in [-0.4, -0.2) is 0 Å². The Morgan fingerprint density at radius 2 is 0.329 bits per heavy atom. The van der Waals surface area contributed by atoms with Gasteiger partial charge < -0.3 is 4.74 Å². The molecule has 0 aromatic heterocycles. The molecule has 13 aromatic rings. The largest absolute Gasteiger partial charge is 0.456 e. The third-order valence-electron chi connectivity index (χ3n) is 15.4. The van der Waals surface area contributed by atoms with Crippen LogP contribution in [0.15, 0.2) is 315 Å². The van der Waals surface area contributed by atoms with E-state index in [0.717, 1.165) is 101 Å². The molecule has 0 N–H and O–H groups in total. The highest BCUT2D eigenvalue weighted by atomic mass is 16.5. The van der Waals surface area contributed by atoms with Crippen molar-refractivity contribution in [3.8, 4) is 145 Å². The summed E-state index contributed by atoms with van der Waals surface area (Å²) >= 11 is 0. The monoisotopic (exact) mass is 1000 g/mol. The Morgan fingerprint density at radius 3 is 0.595 bits per heavy atom. The molecular weight excluding hydrogens is 953 g/mol. The molecule has 0 saturated heterocycles. The number of benzene rings is 13. The Bertz CT molecular complexity index is 3880. The maximum absolute atomic E-state index is 7.06. The number of rotatable bonds is 10. The first-order valence-electron chi connectivity index (χ1n) is 27.1. The Kier molecular flexibility index (Phi) is 12.3. The fourth-order valence-corrected chi connectivity index (χ4v) is 11.4. The molecule has 1 heterocycles. The molecular formula is C78H52O. The first-order chi connectivity index (χ1) is 39.1. The first kappa shape index (κ1) is 47.1. The first-order valence-corrected chi connectivity index (χ1v) is 27.1. The summed E-state index contributed by atoms with van der Waals surface area (Å²) in [6, 6.07) is 114. The summed E-state index contributed by atoms with van der Waals surface area (Å²) < 4.78 is 7.06. The lowest BCUT2D eigenvalue weighted by molar-refractivity contribution is 0.488. The molecule has 1 nitrogen and oxygen atoms in total. The van der Waals surface area contributed by atoms with Crippen molar-refractivity contribution in [2.45, 2.75) is 0 Å². The van der Waals surface area contributed by atoms with Gasteiger partial charge in [0, 0.05) is 11.1 Å². The summed E-state index contributed by atoms with van der Waals surface area (Å²) in [7, 11) is 0. The predicted molar refractivity (Wildman–Crippen MR) is 332 cm³/mol. The van der Waals surface area contributed by atoms with E-state index in [4.69, 9.17) is 4.74 Å². The third kappa shape index (κ3) is 9.56. The highest BCUT2D eigenvalue weighted by Gasteiger charge is 2.23. The SMILES string of the molecule is c1ccc(-c2cccc(-c3cc(-c4cccc(-c5ccccc5)c4)cc(-c4ccc5c(c4)-c4ccccc4-c4cc(-c6cc(-c7cccc(-c8ccccc8)c7)cc(-c7cccc(-c8ccccc8)c7)c6)ccc4O5)c3)c2)cc1. The van der Waals surface area contributed by atoms with E-state index in [2.05, 4.69) is 315 Å². The molecule has 0 radical (unpaired) electrons. The van der Waals surface area contributed by atoms with Crippen LogP contribution >= 0.6 is 0 Å². The number of ether oxygens (including phenoxy) is 1. The van der Waals surface area contributed by atoms with Crippen LogP contribution in [0.5, 0.6) is 11.5 Å². The summed E-state index contributed by atoms with van der Waals surface area (Å²) in [5.41, 5.74) is 27.7. The summed E-state index contributed by atoms with van der Waals surface area (Å²) in [6.45, 7) is 0. The third-order valence-corrected chi connectivity index (χ3v) is 15.4. The Morgan fingerprint density at radius 1 is 0.127 bits per heavy atom. The van der Waals surface area contributed by atoms with Gasteiger partial charge >= 0.3 is 0 Å². The van der Waals surface area contributed by atoms with Crippen LogP contribution in [0.3, 0.4) is 0 Å². The van der Waals surface area contributed by atoms with Gasteiger partial charge in [0.1, 0.15) is 11.5 Å². The minimum absolute atomic E-state index is 0.825. The van der Waals surface area contributed by atoms with Gasteiger partial charge in [-0.3, -0.25) is 0 Å². The Labute approximate surface area is 462 Å². The molecule has 0 spiro atoms. The van der Waals surface area contributed by atoms with E-state index in [1.165, 1.54) is 44.5 Å². The Hall–Kier alpha value is -10.3. The number of fused-ring (bicyclic) bond motifs is 5. The maximum Gasteiger partial charge on any atom is 0.135 e. The van der Waals surface area contributed by atoms with E-state index >= 15 is 0 Å². The molecule has 13 aromatic carbocycles. The lowest BCUT2D eigenvalue weighted by Crippen LogP contribution is -1.90. The van der Waals surface area contributed by atoms with E-state index in [1.807, 2.05) is 0 Å². The summed E-state index contributed by atoms with van der Waals surface area (Å²) in [5.74, 6) is 1.65. The van der Waals surface area contributed by atoms with E-state index < -0.39 is 0 Å². The summed E-state index contributed by atoms with van der Waals surface area (Å²) in [4.78, 5) is 0. The molecule has 370 valence electrons. The molecule has 0 bridgehead atoms. The topological polar surface area (TPSA) is 9.23 Å². The Balaban J connectivity index is 0.879. The average molecular weight is 1010 g/mol. The summed E-state index contributed by atoms with van der Waals surface area (Å²) in [5, 5.41) is 0. The van der Waals surface area contributed by atoms with Crippen LogP contribution in [0.2, 0.25) is 0 Å². The van der Waals surface area contributed by atoms with Gasteiger partial charge in [0.25, 0.3) is 0 Å². The van der Waals surface area contributed by atoms with Gasteiger partial charge in [0.15, 0.2) is 0 Å². The van der Waals surface area contributed by atoms with Crippen molar-refractivity contribution >= 4 is 0 Å². The molecule has 1 heteroatoms. The zero-order valence-electron chi connectivity index (χ0n) is 43.4. The predicted octanol–water partition coefficient (Wildman–Crippen LogP) is 21.8. The van der Waals surface area contributed by atoms with Gasteiger partial charge in [0.05, 0.1) is 0 Å². The van der Waals surface area contributed by atoms with E-state index in [0.29, 0.717) is 0 Å². The van der Waals surface area contributed by atoms with Crippen molar-refractivity contribution in [3.63, 3.8) is 0 Å². The van der Waals surface area contributed by atoms with Crippen molar-refractivity contribution in [3.05, 3.63) is 315 Å². The van der Waals surface area contributed by atoms with Gasteiger partial charge in [0.2, 0.25) is 0 Å². The van der Waals surface area contributed by atoms with Crippen LogP contribution in [0, 0.1) is 0 Å². The highest BCUT2D eigenvalue weighted by molar-refractivity contribution is 5.95. The van der Waals surface area contributed by atoms with Crippen molar-refractivity contribution < 1.29 is 4.74 Å². The van der Waals surface area contributed by atoms with E-state index in [-0.39, 0.29) is 0 Å². The average Bonchev–Trinajstić information content (AvgIpc) is 3.86. The normalized spacial score (nSPS) is 11.4. The molecule has 0 unspecified atom stereocenters. The molecule has 0 aliphatic carbocycles. The standard InChI is InChI=1S/C78H52O/c1-5-19-53(20-6-1)57-27-15-31-61(41-57)67-45-68(62-32-16-28-58(42-62)54-21-7-2-8-22-54)48-71(47-67)65-37-39-77-75(51-65)73-35-13-14-36-74(73)76-52-66(38-40-78(76)79-77)72-49-69(63-33-17-29-59(43-63)55-23-9-3-10-24-55)46-70(50-72)64-34-18-30-60(44-64)56-25-11-4-12-26-56/h1-52H. The maximum atomic E-state index is 7.06. The second-order valence-electron chi connectivity index (χ2n) is 20.5. The minimum atomic E-state index is 0.825. The van der Waals surface area contributed by atoms with Gasteiger partial charge in [-0.25, -0.2) is 0 Å². The van der Waals surface area contributed by atoms with Crippen molar-refractivity contribution in [1.82, 2.24) is 0 Å². The zero-order chi connectivity index (χ0) is 52.5. The lowest BCUT2D eigenvalue weighted by atomic mass is 9.88. The molecule has 0 fully saturated rings.